The number of methoxy groups -OCH3 is 1. The van der Waals surface area contributed by atoms with Gasteiger partial charge in [0, 0.05) is 13.1 Å². The first-order valence-corrected chi connectivity index (χ1v) is 5.84. The van der Waals surface area contributed by atoms with Crippen molar-refractivity contribution < 1.29 is 9.53 Å². The van der Waals surface area contributed by atoms with Gasteiger partial charge < -0.3 is 9.64 Å². The van der Waals surface area contributed by atoms with Crippen molar-refractivity contribution in [1.29, 1.82) is 5.26 Å². The number of hydrogen-bond acceptors (Lipinski definition) is 3. The molecule has 0 aliphatic carbocycles. The first-order chi connectivity index (χ1) is 8.58. The van der Waals surface area contributed by atoms with Crippen LogP contribution in [-0.2, 0) is 11.2 Å². The zero-order valence-corrected chi connectivity index (χ0v) is 11.0. The van der Waals surface area contributed by atoms with Crippen LogP contribution in [-0.4, -0.2) is 31.0 Å². The van der Waals surface area contributed by atoms with Crippen molar-refractivity contribution in [2.75, 3.05) is 14.2 Å². The topological polar surface area (TPSA) is 53.3 Å². The number of carbonyl (C=O) groups excluding carboxylic acids is 1. The number of likely N-dealkylation sites (N-methyl/N-ethyl adjacent to an activating group) is 1. The molecule has 0 heterocycles. The predicted octanol–water partition coefficient (Wildman–Crippen LogP) is 2.00. The number of benzene rings is 1. The van der Waals surface area contributed by atoms with Gasteiger partial charge in [0.1, 0.15) is 5.75 Å². The summed E-state index contributed by atoms with van der Waals surface area (Å²) in [5.41, 5.74) is 0.941. The van der Waals surface area contributed by atoms with Gasteiger partial charge in [0.15, 0.2) is 0 Å². The molecule has 0 fully saturated rings. The Hall–Kier alpha value is -2.02. The molecule has 0 N–H and O–H groups in total. The van der Waals surface area contributed by atoms with Crippen molar-refractivity contribution >= 4 is 5.91 Å². The van der Waals surface area contributed by atoms with Gasteiger partial charge in [-0.15, -0.1) is 0 Å². The van der Waals surface area contributed by atoms with Gasteiger partial charge in [-0.2, -0.15) is 5.26 Å². The first-order valence-electron chi connectivity index (χ1n) is 5.84. The fourth-order valence-electron chi connectivity index (χ4n) is 1.56. The van der Waals surface area contributed by atoms with Crippen LogP contribution in [0.25, 0.3) is 0 Å². The SMILES string of the molecule is COc1ccc(CC(=O)N(C)C(C)CC#N)cc1. The molecule has 1 rings (SSSR count). The van der Waals surface area contributed by atoms with Gasteiger partial charge in [0.25, 0.3) is 0 Å². The highest BCUT2D eigenvalue weighted by Gasteiger charge is 2.15. The monoisotopic (exact) mass is 246 g/mol. The lowest BCUT2D eigenvalue weighted by Gasteiger charge is -2.23. The van der Waals surface area contributed by atoms with Gasteiger partial charge in [0.05, 0.1) is 26.0 Å². The lowest BCUT2D eigenvalue weighted by atomic mass is 10.1. The highest BCUT2D eigenvalue weighted by molar-refractivity contribution is 5.78. The fourth-order valence-corrected chi connectivity index (χ4v) is 1.56. The van der Waals surface area contributed by atoms with E-state index in [9.17, 15) is 4.79 Å². The van der Waals surface area contributed by atoms with Crippen LogP contribution >= 0.6 is 0 Å². The van der Waals surface area contributed by atoms with Crippen molar-refractivity contribution in [2.45, 2.75) is 25.8 Å². The summed E-state index contributed by atoms with van der Waals surface area (Å²) in [6.07, 6.45) is 0.696. The van der Waals surface area contributed by atoms with E-state index in [0.717, 1.165) is 11.3 Å². The third-order valence-corrected chi connectivity index (χ3v) is 2.96. The molecular formula is C14H18N2O2. The summed E-state index contributed by atoms with van der Waals surface area (Å²) in [6.45, 7) is 1.87. The zero-order chi connectivity index (χ0) is 13.5. The molecule has 96 valence electrons. The highest BCUT2D eigenvalue weighted by atomic mass is 16.5. The molecule has 0 saturated heterocycles. The maximum absolute atomic E-state index is 12.0. The number of hydrogen-bond donors (Lipinski definition) is 0. The van der Waals surface area contributed by atoms with Crippen LogP contribution in [0.5, 0.6) is 5.75 Å². The van der Waals surface area contributed by atoms with E-state index >= 15 is 0 Å². The molecule has 1 atom stereocenters. The molecule has 4 heteroatoms. The minimum Gasteiger partial charge on any atom is -0.497 e. The van der Waals surface area contributed by atoms with E-state index < -0.39 is 0 Å². The molecular weight excluding hydrogens is 228 g/mol. The first kappa shape index (κ1) is 14.0. The van der Waals surface area contributed by atoms with Gasteiger partial charge in [-0.25, -0.2) is 0 Å². The van der Waals surface area contributed by atoms with E-state index in [1.165, 1.54) is 0 Å². The molecule has 0 saturated carbocycles. The Balaban J connectivity index is 2.61. The Morgan fingerprint density at radius 3 is 2.56 bits per heavy atom. The Kier molecular flexibility index (Phi) is 5.19. The van der Waals surface area contributed by atoms with Crippen molar-refractivity contribution in [3.8, 4) is 11.8 Å². The lowest BCUT2D eigenvalue weighted by Crippen LogP contribution is -2.35. The third kappa shape index (κ3) is 3.77. The molecule has 0 radical (unpaired) electrons. The Bertz CT molecular complexity index is 434. The second-order valence-electron chi connectivity index (χ2n) is 4.24. The van der Waals surface area contributed by atoms with Crippen LogP contribution in [0.3, 0.4) is 0 Å². The van der Waals surface area contributed by atoms with Crippen LogP contribution in [0, 0.1) is 11.3 Å². The van der Waals surface area contributed by atoms with Gasteiger partial charge in [-0.3, -0.25) is 4.79 Å². The molecule has 0 bridgehead atoms. The summed E-state index contributed by atoms with van der Waals surface area (Å²) in [7, 11) is 3.34. The average molecular weight is 246 g/mol. The number of ether oxygens (including phenoxy) is 1. The summed E-state index contributed by atoms with van der Waals surface area (Å²) in [5.74, 6) is 0.792. The van der Waals surface area contributed by atoms with E-state index in [4.69, 9.17) is 10.00 Å². The van der Waals surface area contributed by atoms with Crippen LogP contribution in [0.15, 0.2) is 24.3 Å². The summed E-state index contributed by atoms with van der Waals surface area (Å²) in [5, 5.41) is 8.61. The van der Waals surface area contributed by atoms with E-state index in [2.05, 4.69) is 6.07 Å². The van der Waals surface area contributed by atoms with Gasteiger partial charge in [0.2, 0.25) is 5.91 Å². The minimum atomic E-state index is -0.0549. The van der Waals surface area contributed by atoms with E-state index in [-0.39, 0.29) is 11.9 Å². The second-order valence-corrected chi connectivity index (χ2v) is 4.24. The predicted molar refractivity (Wildman–Crippen MR) is 69.2 cm³/mol. The summed E-state index contributed by atoms with van der Waals surface area (Å²) >= 11 is 0. The highest BCUT2D eigenvalue weighted by Crippen LogP contribution is 2.13. The van der Waals surface area contributed by atoms with Crippen LogP contribution in [0.4, 0.5) is 0 Å². The van der Waals surface area contributed by atoms with Crippen molar-refractivity contribution in [1.82, 2.24) is 4.90 Å². The Labute approximate surface area is 108 Å². The number of carbonyl (C=O) groups is 1. The maximum Gasteiger partial charge on any atom is 0.227 e. The lowest BCUT2D eigenvalue weighted by molar-refractivity contribution is -0.130. The summed E-state index contributed by atoms with van der Waals surface area (Å²) in [4.78, 5) is 13.6. The second kappa shape index (κ2) is 6.65. The molecule has 1 aromatic carbocycles. The molecule has 0 aromatic heterocycles. The van der Waals surface area contributed by atoms with E-state index in [0.29, 0.717) is 12.8 Å². The van der Waals surface area contributed by atoms with Crippen molar-refractivity contribution in [2.24, 2.45) is 0 Å². The van der Waals surface area contributed by atoms with Gasteiger partial charge in [-0.1, -0.05) is 12.1 Å². The molecule has 1 amide bonds. The smallest absolute Gasteiger partial charge is 0.227 e. The average Bonchev–Trinajstić information content (AvgIpc) is 2.39. The minimum absolute atomic E-state index is 0.0166. The zero-order valence-electron chi connectivity index (χ0n) is 11.0. The van der Waals surface area contributed by atoms with Gasteiger partial charge in [-0.05, 0) is 24.6 Å². The van der Waals surface area contributed by atoms with E-state index in [1.807, 2.05) is 31.2 Å². The molecule has 0 aliphatic heterocycles. The van der Waals surface area contributed by atoms with Crippen LogP contribution in [0.1, 0.15) is 18.9 Å². The standard InChI is InChI=1S/C14H18N2O2/c1-11(8-9-15)16(2)14(17)10-12-4-6-13(18-3)7-5-12/h4-7,11H,8,10H2,1-3H3. The Morgan fingerprint density at radius 2 is 2.06 bits per heavy atom. The summed E-state index contributed by atoms with van der Waals surface area (Å²) in [6, 6.07) is 9.44. The fraction of sp³-hybridized carbons (Fsp3) is 0.429. The third-order valence-electron chi connectivity index (χ3n) is 2.96. The number of nitriles is 1. The number of rotatable bonds is 5. The van der Waals surface area contributed by atoms with Gasteiger partial charge >= 0.3 is 0 Å². The quantitative estimate of drug-likeness (QED) is 0.798. The maximum atomic E-state index is 12.0. The molecule has 0 aliphatic rings. The molecule has 18 heavy (non-hydrogen) atoms. The number of amides is 1. The normalized spacial score (nSPS) is 11.4. The molecule has 1 unspecified atom stereocenters. The van der Waals surface area contributed by atoms with Crippen LogP contribution in [0.2, 0.25) is 0 Å². The van der Waals surface area contributed by atoms with Crippen molar-refractivity contribution in [3.63, 3.8) is 0 Å². The number of nitrogens with zero attached hydrogens (tertiary/aromatic N) is 2. The van der Waals surface area contributed by atoms with Crippen molar-refractivity contribution in [3.05, 3.63) is 29.8 Å². The molecule has 1 aromatic rings. The summed E-state index contributed by atoms with van der Waals surface area (Å²) < 4.78 is 5.06. The molecule has 4 nitrogen and oxygen atoms in total. The largest absolute Gasteiger partial charge is 0.497 e. The van der Waals surface area contributed by atoms with E-state index in [1.54, 1.807) is 19.1 Å². The molecule has 0 spiro atoms. The van der Waals surface area contributed by atoms with Crippen LogP contribution < -0.4 is 4.74 Å². The Morgan fingerprint density at radius 1 is 1.44 bits per heavy atom.